The quantitative estimate of drug-likeness (QED) is 0.527. The first-order valence-corrected chi connectivity index (χ1v) is 8.88. The van der Waals surface area contributed by atoms with Gasteiger partial charge in [0.1, 0.15) is 9.71 Å². The molecule has 124 valence electrons. The summed E-state index contributed by atoms with van der Waals surface area (Å²) in [4.78, 5) is 29.4. The van der Waals surface area contributed by atoms with E-state index in [1.54, 1.807) is 19.1 Å². The van der Waals surface area contributed by atoms with Gasteiger partial charge in [0.05, 0.1) is 12.3 Å². The van der Waals surface area contributed by atoms with Crippen molar-refractivity contribution >= 4 is 33.3 Å². The van der Waals surface area contributed by atoms with Crippen LogP contribution in [0, 0.1) is 0 Å². The predicted molar refractivity (Wildman–Crippen MR) is 96.0 cm³/mol. The zero-order chi connectivity index (χ0) is 17.1. The lowest BCUT2D eigenvalue weighted by Crippen LogP contribution is -2.05. The van der Waals surface area contributed by atoms with Crippen LogP contribution in [0.15, 0.2) is 36.4 Å². The fraction of sp³-hybridized carbons (Fsp3) is 0.263. The molecule has 5 heteroatoms. The van der Waals surface area contributed by atoms with Gasteiger partial charge in [-0.25, -0.2) is 4.79 Å². The Bertz CT molecular complexity index is 877. The minimum atomic E-state index is -0.286. The number of hydrogen-bond acceptors (Lipinski definition) is 4. The molecule has 2 aromatic heterocycles. The molecule has 0 saturated carbocycles. The Morgan fingerprint density at radius 3 is 2.58 bits per heavy atom. The van der Waals surface area contributed by atoms with E-state index in [4.69, 9.17) is 4.74 Å². The lowest BCUT2D eigenvalue weighted by molar-refractivity contribution is 0.0531. The number of hydrogen-bond donors (Lipinski definition) is 1. The van der Waals surface area contributed by atoms with Gasteiger partial charge >= 0.3 is 5.97 Å². The Kier molecular flexibility index (Phi) is 4.81. The fourth-order valence-corrected chi connectivity index (χ4v) is 3.89. The summed E-state index contributed by atoms with van der Waals surface area (Å²) in [5, 5.41) is 0.948. The van der Waals surface area contributed by atoms with Crippen LogP contribution in [0.5, 0.6) is 0 Å². The first-order valence-electron chi connectivity index (χ1n) is 8.07. The zero-order valence-corrected chi connectivity index (χ0v) is 14.5. The number of esters is 1. The highest BCUT2D eigenvalue weighted by molar-refractivity contribution is 7.20. The standard InChI is InChI=1S/C19H19NO3S/c1-3-8-13-14-11-15(16(21)12-9-6-5-7-10-12)20-18(14)24-17(13)19(22)23-4-2/h5-7,9-11,20H,3-4,8H2,1-2H3. The number of carbonyl (C=O) groups is 2. The highest BCUT2D eigenvalue weighted by Gasteiger charge is 2.22. The highest BCUT2D eigenvalue weighted by atomic mass is 32.1. The summed E-state index contributed by atoms with van der Waals surface area (Å²) in [5.41, 5.74) is 2.17. The maximum atomic E-state index is 12.6. The van der Waals surface area contributed by atoms with Crippen molar-refractivity contribution in [3.05, 3.63) is 58.1 Å². The van der Waals surface area contributed by atoms with Crippen LogP contribution in [-0.4, -0.2) is 23.3 Å². The number of carbonyl (C=O) groups excluding carboxylic acids is 2. The van der Waals surface area contributed by atoms with Crippen LogP contribution < -0.4 is 0 Å². The summed E-state index contributed by atoms with van der Waals surface area (Å²) >= 11 is 1.36. The van der Waals surface area contributed by atoms with Gasteiger partial charge in [0.15, 0.2) is 0 Å². The molecule has 0 aliphatic rings. The van der Waals surface area contributed by atoms with Crippen LogP contribution >= 0.6 is 11.3 Å². The molecule has 0 aliphatic heterocycles. The minimum Gasteiger partial charge on any atom is -0.462 e. The second-order valence-corrected chi connectivity index (χ2v) is 6.52. The van der Waals surface area contributed by atoms with Crippen LogP contribution in [0.3, 0.4) is 0 Å². The van der Waals surface area contributed by atoms with Crippen molar-refractivity contribution in [3.63, 3.8) is 0 Å². The van der Waals surface area contributed by atoms with E-state index >= 15 is 0 Å². The molecule has 1 N–H and O–H groups in total. The van der Waals surface area contributed by atoms with Crippen LogP contribution in [0.2, 0.25) is 0 Å². The van der Waals surface area contributed by atoms with E-state index in [1.807, 2.05) is 24.3 Å². The fourth-order valence-electron chi connectivity index (χ4n) is 2.75. The molecular formula is C19H19NO3S. The Morgan fingerprint density at radius 2 is 1.92 bits per heavy atom. The van der Waals surface area contributed by atoms with Gasteiger partial charge in [0.2, 0.25) is 5.78 Å². The molecule has 0 spiro atoms. The van der Waals surface area contributed by atoms with E-state index in [0.29, 0.717) is 22.7 Å². The number of ether oxygens (including phenoxy) is 1. The molecule has 0 aliphatic carbocycles. The number of aromatic nitrogens is 1. The van der Waals surface area contributed by atoms with Gasteiger partial charge in [-0.1, -0.05) is 43.7 Å². The molecule has 4 nitrogen and oxygen atoms in total. The van der Waals surface area contributed by atoms with Crippen LogP contribution in [-0.2, 0) is 11.2 Å². The number of fused-ring (bicyclic) bond motifs is 1. The van der Waals surface area contributed by atoms with Crippen LogP contribution in [0.25, 0.3) is 10.2 Å². The van der Waals surface area contributed by atoms with Gasteiger partial charge in [-0.2, -0.15) is 0 Å². The molecule has 0 radical (unpaired) electrons. The van der Waals surface area contributed by atoms with Gasteiger partial charge in [0, 0.05) is 10.9 Å². The largest absolute Gasteiger partial charge is 0.462 e. The van der Waals surface area contributed by atoms with Crippen molar-refractivity contribution in [1.29, 1.82) is 0 Å². The van der Waals surface area contributed by atoms with E-state index in [9.17, 15) is 9.59 Å². The molecule has 1 aromatic carbocycles. The topological polar surface area (TPSA) is 59.2 Å². The second-order valence-electron chi connectivity index (χ2n) is 5.50. The summed E-state index contributed by atoms with van der Waals surface area (Å²) < 4.78 is 5.15. The third kappa shape index (κ3) is 2.99. The number of nitrogens with one attached hydrogen (secondary N) is 1. The minimum absolute atomic E-state index is 0.0425. The van der Waals surface area contributed by atoms with Gasteiger partial charge in [0.25, 0.3) is 0 Å². The average molecular weight is 341 g/mol. The van der Waals surface area contributed by atoms with E-state index in [1.165, 1.54) is 11.3 Å². The lowest BCUT2D eigenvalue weighted by atomic mass is 10.1. The number of rotatable bonds is 6. The molecule has 0 amide bonds. The smallest absolute Gasteiger partial charge is 0.348 e. The van der Waals surface area contributed by atoms with E-state index in [0.717, 1.165) is 28.6 Å². The third-order valence-electron chi connectivity index (χ3n) is 3.83. The number of thiophene rings is 1. The first-order chi connectivity index (χ1) is 11.7. The van der Waals surface area contributed by atoms with Crippen molar-refractivity contribution in [2.24, 2.45) is 0 Å². The summed E-state index contributed by atoms with van der Waals surface area (Å²) in [5.74, 6) is -0.328. The van der Waals surface area contributed by atoms with E-state index < -0.39 is 0 Å². The summed E-state index contributed by atoms with van der Waals surface area (Å²) in [7, 11) is 0. The maximum absolute atomic E-state index is 12.6. The second kappa shape index (κ2) is 7.01. The number of benzene rings is 1. The zero-order valence-electron chi connectivity index (χ0n) is 13.7. The predicted octanol–water partition coefficient (Wildman–Crippen LogP) is 4.59. The molecule has 0 fully saturated rings. The van der Waals surface area contributed by atoms with E-state index in [2.05, 4.69) is 11.9 Å². The first kappa shape index (κ1) is 16.5. The molecule has 0 unspecified atom stereocenters. The van der Waals surface area contributed by atoms with Crippen molar-refractivity contribution in [3.8, 4) is 0 Å². The lowest BCUT2D eigenvalue weighted by Gasteiger charge is -2.03. The number of H-pyrrole nitrogens is 1. The molecule has 0 atom stereocenters. The van der Waals surface area contributed by atoms with Crippen LogP contribution in [0.1, 0.15) is 51.6 Å². The Hall–Kier alpha value is -2.40. The summed E-state index contributed by atoms with van der Waals surface area (Å²) in [6.07, 6.45) is 1.70. The third-order valence-corrected chi connectivity index (χ3v) is 4.97. The van der Waals surface area contributed by atoms with Crippen molar-refractivity contribution < 1.29 is 14.3 Å². The Labute approximate surface area is 144 Å². The number of aromatic amines is 1. The number of aryl methyl sites for hydroxylation is 1. The van der Waals surface area contributed by atoms with E-state index in [-0.39, 0.29) is 11.8 Å². The Morgan fingerprint density at radius 1 is 1.17 bits per heavy atom. The monoisotopic (exact) mass is 341 g/mol. The summed E-state index contributed by atoms with van der Waals surface area (Å²) in [6, 6.07) is 11.0. The molecule has 3 rings (SSSR count). The van der Waals surface area contributed by atoms with Gasteiger partial charge in [-0.3, -0.25) is 4.79 Å². The number of ketones is 1. The molecular weight excluding hydrogens is 322 g/mol. The SMILES string of the molecule is CCCc1c(C(=O)OCC)sc2[nH]c(C(=O)c3ccccc3)cc12. The van der Waals surface area contributed by atoms with Crippen LogP contribution in [0.4, 0.5) is 0 Å². The van der Waals surface area contributed by atoms with Gasteiger partial charge in [-0.15, -0.1) is 11.3 Å². The molecule has 0 bridgehead atoms. The van der Waals surface area contributed by atoms with Gasteiger partial charge < -0.3 is 9.72 Å². The highest BCUT2D eigenvalue weighted by Crippen LogP contribution is 2.33. The average Bonchev–Trinajstić information content (AvgIpc) is 3.15. The van der Waals surface area contributed by atoms with Crippen molar-refractivity contribution in [1.82, 2.24) is 4.98 Å². The molecule has 2 heterocycles. The maximum Gasteiger partial charge on any atom is 0.348 e. The summed E-state index contributed by atoms with van der Waals surface area (Å²) in [6.45, 7) is 4.22. The normalized spacial score (nSPS) is 10.9. The molecule has 24 heavy (non-hydrogen) atoms. The van der Waals surface area contributed by atoms with Crippen molar-refractivity contribution in [2.45, 2.75) is 26.7 Å². The van der Waals surface area contributed by atoms with Gasteiger partial charge in [-0.05, 0) is 25.0 Å². The Balaban J connectivity index is 2.03. The molecule has 0 saturated heterocycles. The molecule has 3 aromatic rings. The van der Waals surface area contributed by atoms with Crippen molar-refractivity contribution in [2.75, 3.05) is 6.61 Å².